The molecule has 0 spiro atoms. The molecule has 9 heteroatoms. The maximum absolute atomic E-state index is 12.4. The second kappa shape index (κ2) is 7.93. The third-order valence-corrected chi connectivity index (χ3v) is 4.31. The molecule has 0 bridgehead atoms. The minimum absolute atomic E-state index is 0.100. The summed E-state index contributed by atoms with van der Waals surface area (Å²) in [7, 11) is 2.99. The number of carbonyl (C=O) groups excluding carboxylic acids is 1. The van der Waals surface area contributed by atoms with Crippen molar-refractivity contribution in [2.24, 2.45) is 0 Å². The summed E-state index contributed by atoms with van der Waals surface area (Å²) < 4.78 is 10.6. The van der Waals surface area contributed by atoms with E-state index in [4.69, 9.17) is 14.6 Å². The summed E-state index contributed by atoms with van der Waals surface area (Å²) in [5, 5.41) is 25.6. The molecule has 0 aliphatic rings. The van der Waals surface area contributed by atoms with Gasteiger partial charge in [0, 0.05) is 22.2 Å². The van der Waals surface area contributed by atoms with Crippen molar-refractivity contribution >= 4 is 34.1 Å². The Morgan fingerprint density at radius 1 is 0.966 bits per heavy atom. The van der Waals surface area contributed by atoms with Crippen LogP contribution in [0.5, 0.6) is 17.4 Å². The monoisotopic (exact) mass is 397 g/mol. The van der Waals surface area contributed by atoms with Gasteiger partial charge in [0.25, 0.3) is 0 Å². The number of hydrogen-bond acceptors (Lipinski definition) is 6. The number of amides is 2. The van der Waals surface area contributed by atoms with Gasteiger partial charge in [-0.15, -0.1) is 0 Å². The normalized spacial score (nSPS) is 10.4. The Morgan fingerprint density at radius 2 is 1.55 bits per heavy atom. The molecule has 29 heavy (non-hydrogen) atoms. The zero-order valence-electron chi connectivity index (χ0n) is 15.9. The van der Waals surface area contributed by atoms with Gasteiger partial charge in [0.2, 0.25) is 5.88 Å². The fourth-order valence-electron chi connectivity index (χ4n) is 2.88. The predicted molar refractivity (Wildman–Crippen MR) is 107 cm³/mol. The molecule has 0 unspecified atom stereocenters. The van der Waals surface area contributed by atoms with E-state index in [1.54, 1.807) is 19.1 Å². The number of urea groups is 1. The van der Waals surface area contributed by atoms with Crippen LogP contribution >= 0.6 is 0 Å². The van der Waals surface area contributed by atoms with Crippen molar-refractivity contribution < 1.29 is 29.3 Å². The second-order valence-corrected chi connectivity index (χ2v) is 6.11. The Morgan fingerprint density at radius 3 is 2.10 bits per heavy atom. The second-order valence-electron chi connectivity index (χ2n) is 6.11. The molecule has 0 radical (unpaired) electrons. The summed E-state index contributed by atoms with van der Waals surface area (Å²) in [6.45, 7) is 1.72. The van der Waals surface area contributed by atoms with Crippen molar-refractivity contribution in [3.8, 4) is 17.4 Å². The van der Waals surface area contributed by atoms with E-state index in [0.717, 1.165) is 0 Å². The number of hydrogen-bond donors (Lipinski definition) is 4. The number of aryl methyl sites for hydroxylation is 1. The summed E-state index contributed by atoms with van der Waals surface area (Å²) in [6, 6.07) is 8.38. The smallest absolute Gasteiger partial charge is 0.335 e. The summed E-state index contributed by atoms with van der Waals surface area (Å²) in [5.41, 5.74) is 1.14. The van der Waals surface area contributed by atoms with Crippen LogP contribution in [0, 0.1) is 6.92 Å². The van der Waals surface area contributed by atoms with Crippen LogP contribution in [-0.2, 0) is 0 Å². The van der Waals surface area contributed by atoms with Gasteiger partial charge in [0.1, 0.15) is 5.69 Å². The van der Waals surface area contributed by atoms with Crippen LogP contribution in [0.2, 0.25) is 0 Å². The Balaban J connectivity index is 1.94. The number of aromatic nitrogens is 1. The highest BCUT2D eigenvalue weighted by atomic mass is 16.5. The standard InChI is InChI=1S/C20H19N3O6/c1-10-13-8-15(28-2)16(29-3)9-14(13)17(18(24)21-10)23-20(27)22-12-6-4-11(5-7-12)19(25)26/h4-9H,1-3H3,(H,21,24)(H,25,26)(H2,22,23,27). The summed E-state index contributed by atoms with van der Waals surface area (Å²) >= 11 is 0. The highest BCUT2D eigenvalue weighted by Crippen LogP contribution is 2.39. The van der Waals surface area contributed by atoms with E-state index in [1.165, 1.54) is 38.5 Å². The lowest BCUT2D eigenvalue weighted by Gasteiger charge is -2.15. The number of benzene rings is 2. The first kappa shape index (κ1) is 19.7. The fourth-order valence-corrected chi connectivity index (χ4v) is 2.88. The fraction of sp³-hybridized carbons (Fsp3) is 0.150. The maximum Gasteiger partial charge on any atom is 0.335 e. The Labute approximate surface area is 165 Å². The lowest BCUT2D eigenvalue weighted by Crippen LogP contribution is -2.20. The van der Waals surface area contributed by atoms with Gasteiger partial charge in [-0.25, -0.2) is 14.6 Å². The number of ether oxygens (including phenoxy) is 2. The molecule has 0 atom stereocenters. The van der Waals surface area contributed by atoms with Gasteiger partial charge in [0.15, 0.2) is 11.5 Å². The number of pyridine rings is 1. The number of rotatable bonds is 5. The molecule has 1 aromatic heterocycles. The number of nitrogens with zero attached hydrogens (tertiary/aromatic N) is 1. The van der Waals surface area contributed by atoms with Crippen molar-refractivity contribution in [3.05, 3.63) is 47.7 Å². The first-order chi connectivity index (χ1) is 13.8. The zero-order valence-corrected chi connectivity index (χ0v) is 15.9. The van der Waals surface area contributed by atoms with E-state index in [-0.39, 0.29) is 17.1 Å². The first-order valence-corrected chi connectivity index (χ1v) is 8.50. The number of methoxy groups -OCH3 is 2. The van der Waals surface area contributed by atoms with Crippen LogP contribution in [0.15, 0.2) is 36.4 Å². The van der Waals surface area contributed by atoms with Gasteiger partial charge in [-0.1, -0.05) is 0 Å². The van der Waals surface area contributed by atoms with Gasteiger partial charge in [-0.3, -0.25) is 0 Å². The van der Waals surface area contributed by atoms with Crippen LogP contribution in [0.3, 0.4) is 0 Å². The molecular weight excluding hydrogens is 378 g/mol. The number of fused-ring (bicyclic) bond motifs is 1. The summed E-state index contributed by atoms with van der Waals surface area (Å²) in [6.07, 6.45) is 0. The highest BCUT2D eigenvalue weighted by molar-refractivity contribution is 6.08. The Hall–Kier alpha value is -4.01. The minimum atomic E-state index is -1.06. The molecule has 0 saturated heterocycles. The van der Waals surface area contributed by atoms with Crippen LogP contribution < -0.4 is 20.1 Å². The van der Waals surface area contributed by atoms with Crippen molar-refractivity contribution in [1.29, 1.82) is 0 Å². The number of aromatic hydroxyl groups is 1. The molecule has 4 N–H and O–H groups in total. The van der Waals surface area contributed by atoms with Crippen molar-refractivity contribution in [3.63, 3.8) is 0 Å². The van der Waals surface area contributed by atoms with Gasteiger partial charge < -0.3 is 30.3 Å². The maximum atomic E-state index is 12.4. The van der Waals surface area contributed by atoms with Crippen molar-refractivity contribution in [1.82, 2.24) is 4.98 Å². The van der Waals surface area contributed by atoms with Gasteiger partial charge in [-0.05, 0) is 43.3 Å². The summed E-state index contributed by atoms with van der Waals surface area (Å²) in [4.78, 5) is 27.4. The molecule has 1 heterocycles. The SMILES string of the molecule is COc1cc2c(C)nc(O)c(NC(=O)Nc3ccc(C(=O)O)cc3)c2cc1OC. The zero-order chi connectivity index (χ0) is 21.1. The van der Waals surface area contributed by atoms with Gasteiger partial charge in [0.05, 0.1) is 19.8 Å². The number of carboxylic acids is 1. The number of carboxylic acid groups (broad SMARTS) is 1. The minimum Gasteiger partial charge on any atom is -0.493 e. The van der Waals surface area contributed by atoms with Crippen molar-refractivity contribution in [2.75, 3.05) is 24.9 Å². The van der Waals surface area contributed by atoms with Crippen LogP contribution in [-0.4, -0.2) is 41.4 Å². The average molecular weight is 397 g/mol. The molecular formula is C20H19N3O6. The average Bonchev–Trinajstić information content (AvgIpc) is 2.70. The van der Waals surface area contributed by atoms with Crippen LogP contribution in [0.25, 0.3) is 10.8 Å². The van der Waals surface area contributed by atoms with E-state index >= 15 is 0 Å². The van der Waals surface area contributed by atoms with Gasteiger partial charge in [-0.2, -0.15) is 0 Å². The number of carbonyl (C=O) groups is 2. The predicted octanol–water partition coefficient (Wildman–Crippen LogP) is 3.61. The molecule has 3 aromatic rings. The van der Waals surface area contributed by atoms with E-state index < -0.39 is 12.0 Å². The lowest BCUT2D eigenvalue weighted by atomic mass is 10.1. The van der Waals surface area contributed by atoms with E-state index in [1.807, 2.05) is 0 Å². The van der Waals surface area contributed by atoms with Gasteiger partial charge >= 0.3 is 12.0 Å². The highest BCUT2D eigenvalue weighted by Gasteiger charge is 2.17. The molecule has 150 valence electrons. The Kier molecular flexibility index (Phi) is 5.40. The largest absolute Gasteiger partial charge is 0.493 e. The Bertz CT molecular complexity index is 1100. The van der Waals surface area contributed by atoms with Crippen molar-refractivity contribution in [2.45, 2.75) is 6.92 Å². The first-order valence-electron chi connectivity index (χ1n) is 8.50. The molecule has 3 rings (SSSR count). The molecule has 2 aromatic carbocycles. The van der Waals surface area contributed by atoms with E-state index in [9.17, 15) is 14.7 Å². The van der Waals surface area contributed by atoms with E-state index in [2.05, 4.69) is 15.6 Å². The molecule has 0 aliphatic heterocycles. The third kappa shape index (κ3) is 3.98. The third-order valence-electron chi connectivity index (χ3n) is 4.31. The molecule has 9 nitrogen and oxygen atoms in total. The molecule has 0 aliphatic carbocycles. The van der Waals surface area contributed by atoms with Crippen LogP contribution in [0.4, 0.5) is 16.2 Å². The molecule has 2 amide bonds. The number of aromatic carboxylic acids is 1. The molecule has 0 saturated carbocycles. The quantitative estimate of drug-likeness (QED) is 0.517. The summed E-state index contributed by atoms with van der Waals surface area (Å²) in [5.74, 6) is -0.492. The molecule has 0 fully saturated rings. The number of nitrogens with one attached hydrogen (secondary N) is 2. The van der Waals surface area contributed by atoms with E-state index in [0.29, 0.717) is 33.7 Å². The number of anilines is 2. The van der Waals surface area contributed by atoms with Crippen LogP contribution in [0.1, 0.15) is 16.1 Å². The lowest BCUT2D eigenvalue weighted by molar-refractivity contribution is 0.0697. The topological polar surface area (TPSA) is 130 Å².